The Morgan fingerprint density at radius 2 is 2.09 bits per heavy atom. The molecule has 0 aliphatic heterocycles. The first-order valence-corrected chi connectivity index (χ1v) is 8.38. The molecule has 0 atom stereocenters. The molecule has 2 aromatic rings. The Balaban J connectivity index is 1.91. The maximum absolute atomic E-state index is 12.1. The normalized spacial score (nSPS) is 10.2. The molecule has 0 fully saturated rings. The number of ether oxygens (including phenoxy) is 1. The Morgan fingerprint density at radius 1 is 1.36 bits per heavy atom. The van der Waals surface area contributed by atoms with Crippen molar-refractivity contribution in [2.24, 2.45) is 5.73 Å². The summed E-state index contributed by atoms with van der Waals surface area (Å²) < 4.78 is 5.05. The van der Waals surface area contributed by atoms with Gasteiger partial charge in [0.15, 0.2) is 5.13 Å². The molecule has 116 valence electrons. The van der Waals surface area contributed by atoms with Crippen LogP contribution < -0.4 is 15.8 Å². The smallest absolute Gasteiger partial charge is 0.257 e. The number of nitrogens with zero attached hydrogens (tertiary/aromatic N) is 1. The van der Waals surface area contributed by atoms with Gasteiger partial charge in [0, 0.05) is 16.7 Å². The number of amides is 2. The van der Waals surface area contributed by atoms with Crippen LogP contribution in [-0.4, -0.2) is 29.7 Å². The summed E-state index contributed by atoms with van der Waals surface area (Å²) in [6.45, 7) is 0. The number of primary amides is 1. The molecule has 0 saturated heterocycles. The minimum absolute atomic E-state index is 0.228. The number of thiazole rings is 1. The van der Waals surface area contributed by atoms with Gasteiger partial charge in [0.05, 0.1) is 18.6 Å². The molecule has 3 N–H and O–H groups in total. The van der Waals surface area contributed by atoms with E-state index in [0.717, 1.165) is 5.69 Å². The number of hydrogen-bond acceptors (Lipinski definition) is 6. The van der Waals surface area contributed by atoms with E-state index in [1.165, 1.54) is 23.1 Å². The molecule has 0 saturated carbocycles. The van der Waals surface area contributed by atoms with Crippen molar-refractivity contribution in [3.8, 4) is 5.75 Å². The lowest BCUT2D eigenvalue weighted by Crippen LogP contribution is -2.13. The van der Waals surface area contributed by atoms with Gasteiger partial charge in [-0.15, -0.1) is 23.1 Å². The Labute approximate surface area is 136 Å². The SMILES string of the molecule is COc1ccc(C(=O)Nc2nc(CSCC(N)=O)cs2)cc1. The standard InChI is InChI=1S/C14H15N3O3S2/c1-20-11-4-2-9(3-5-11)13(19)17-14-16-10(7-22-14)6-21-8-12(15)18/h2-5,7H,6,8H2,1H3,(H2,15,18)(H,16,17,19). The number of aromatic nitrogens is 1. The molecule has 22 heavy (non-hydrogen) atoms. The van der Waals surface area contributed by atoms with Gasteiger partial charge in [0.2, 0.25) is 5.91 Å². The zero-order valence-corrected chi connectivity index (χ0v) is 13.5. The van der Waals surface area contributed by atoms with Crippen molar-refractivity contribution in [3.63, 3.8) is 0 Å². The molecule has 1 aromatic carbocycles. The fourth-order valence-electron chi connectivity index (χ4n) is 1.60. The van der Waals surface area contributed by atoms with E-state index in [-0.39, 0.29) is 17.6 Å². The third-order valence-corrected chi connectivity index (χ3v) is 4.41. The lowest BCUT2D eigenvalue weighted by atomic mass is 10.2. The maximum atomic E-state index is 12.1. The van der Waals surface area contributed by atoms with E-state index in [1.54, 1.807) is 31.4 Å². The second-order valence-electron chi connectivity index (χ2n) is 4.29. The molecule has 0 bridgehead atoms. The predicted molar refractivity (Wildman–Crippen MR) is 88.4 cm³/mol. The summed E-state index contributed by atoms with van der Waals surface area (Å²) in [7, 11) is 1.57. The monoisotopic (exact) mass is 337 g/mol. The van der Waals surface area contributed by atoms with Crippen molar-refractivity contribution in [1.29, 1.82) is 0 Å². The van der Waals surface area contributed by atoms with E-state index in [0.29, 0.717) is 22.2 Å². The van der Waals surface area contributed by atoms with E-state index < -0.39 is 0 Å². The van der Waals surface area contributed by atoms with Gasteiger partial charge in [-0.05, 0) is 24.3 Å². The van der Waals surface area contributed by atoms with Gasteiger partial charge in [-0.1, -0.05) is 0 Å². The highest BCUT2D eigenvalue weighted by Gasteiger charge is 2.09. The van der Waals surface area contributed by atoms with Crippen LogP contribution >= 0.6 is 23.1 Å². The highest BCUT2D eigenvalue weighted by molar-refractivity contribution is 7.99. The first-order valence-electron chi connectivity index (χ1n) is 6.34. The predicted octanol–water partition coefficient (Wildman–Crippen LogP) is 2.12. The summed E-state index contributed by atoms with van der Waals surface area (Å²) in [5, 5.41) is 5.11. The number of carbonyl (C=O) groups is 2. The molecule has 8 heteroatoms. The molecule has 0 aliphatic carbocycles. The van der Waals surface area contributed by atoms with Crippen molar-refractivity contribution in [3.05, 3.63) is 40.9 Å². The highest BCUT2D eigenvalue weighted by atomic mass is 32.2. The summed E-state index contributed by atoms with van der Waals surface area (Å²) in [4.78, 5) is 27.0. The Hall–Kier alpha value is -2.06. The van der Waals surface area contributed by atoms with Crippen molar-refractivity contribution in [2.45, 2.75) is 5.75 Å². The average molecular weight is 337 g/mol. The number of hydrogen-bond donors (Lipinski definition) is 2. The number of thioether (sulfide) groups is 1. The Kier molecular flexibility index (Phi) is 5.79. The van der Waals surface area contributed by atoms with E-state index in [4.69, 9.17) is 10.5 Å². The summed E-state index contributed by atoms with van der Waals surface area (Å²) in [5.74, 6) is 0.948. The number of nitrogens with one attached hydrogen (secondary N) is 1. The summed E-state index contributed by atoms with van der Waals surface area (Å²) in [5.41, 5.74) is 6.40. The first-order chi connectivity index (χ1) is 10.6. The molecular weight excluding hydrogens is 322 g/mol. The molecule has 0 unspecified atom stereocenters. The van der Waals surface area contributed by atoms with Gasteiger partial charge in [-0.3, -0.25) is 14.9 Å². The number of anilines is 1. The number of nitrogens with two attached hydrogens (primary N) is 1. The third kappa shape index (κ3) is 4.74. The molecule has 0 spiro atoms. The molecule has 1 heterocycles. The summed E-state index contributed by atoms with van der Waals surface area (Å²) in [6, 6.07) is 6.82. The van der Waals surface area contributed by atoms with Crippen LogP contribution in [0.4, 0.5) is 5.13 Å². The van der Waals surface area contributed by atoms with Crippen LogP contribution in [0.15, 0.2) is 29.6 Å². The van der Waals surface area contributed by atoms with E-state index in [9.17, 15) is 9.59 Å². The Bertz CT molecular complexity index is 656. The van der Waals surface area contributed by atoms with E-state index >= 15 is 0 Å². The van der Waals surface area contributed by atoms with Crippen molar-refractivity contribution < 1.29 is 14.3 Å². The van der Waals surface area contributed by atoms with Crippen molar-refractivity contribution >= 4 is 40.0 Å². The molecule has 2 amide bonds. The lowest BCUT2D eigenvalue weighted by Gasteiger charge is -2.03. The molecule has 2 rings (SSSR count). The molecule has 6 nitrogen and oxygen atoms in total. The zero-order valence-electron chi connectivity index (χ0n) is 11.9. The molecule has 0 radical (unpaired) electrons. The third-order valence-electron chi connectivity index (χ3n) is 2.62. The molecule has 1 aromatic heterocycles. The number of benzene rings is 1. The molecule has 0 aliphatic rings. The number of carbonyl (C=O) groups excluding carboxylic acids is 2. The topological polar surface area (TPSA) is 94.3 Å². The van der Waals surface area contributed by atoms with E-state index in [1.807, 2.05) is 5.38 Å². The van der Waals surface area contributed by atoms with Crippen LogP contribution in [0, 0.1) is 0 Å². The van der Waals surface area contributed by atoms with Crippen molar-refractivity contribution in [2.75, 3.05) is 18.2 Å². The Morgan fingerprint density at radius 3 is 2.73 bits per heavy atom. The van der Waals surface area contributed by atoms with Crippen LogP contribution in [0.1, 0.15) is 16.1 Å². The van der Waals surface area contributed by atoms with Crippen LogP contribution in [0.3, 0.4) is 0 Å². The minimum Gasteiger partial charge on any atom is -0.497 e. The van der Waals surface area contributed by atoms with Gasteiger partial charge in [-0.2, -0.15) is 0 Å². The number of rotatable bonds is 7. The van der Waals surface area contributed by atoms with E-state index in [2.05, 4.69) is 10.3 Å². The summed E-state index contributed by atoms with van der Waals surface area (Å²) in [6.07, 6.45) is 0. The van der Waals surface area contributed by atoms with Crippen molar-refractivity contribution in [1.82, 2.24) is 4.98 Å². The minimum atomic E-state index is -0.353. The largest absolute Gasteiger partial charge is 0.497 e. The van der Waals surface area contributed by atoms with Crippen LogP contribution in [0.5, 0.6) is 5.75 Å². The van der Waals surface area contributed by atoms with Crippen LogP contribution in [-0.2, 0) is 10.5 Å². The zero-order chi connectivity index (χ0) is 15.9. The van der Waals surface area contributed by atoms with Gasteiger partial charge in [0.25, 0.3) is 5.91 Å². The quantitative estimate of drug-likeness (QED) is 0.807. The summed E-state index contributed by atoms with van der Waals surface area (Å²) >= 11 is 2.73. The van der Waals surface area contributed by atoms with Gasteiger partial charge in [-0.25, -0.2) is 4.98 Å². The lowest BCUT2D eigenvalue weighted by molar-refractivity contribution is -0.115. The maximum Gasteiger partial charge on any atom is 0.257 e. The van der Waals surface area contributed by atoms with Crippen LogP contribution in [0.25, 0.3) is 0 Å². The number of methoxy groups -OCH3 is 1. The first kappa shape index (κ1) is 16.3. The van der Waals surface area contributed by atoms with Gasteiger partial charge in [0.1, 0.15) is 5.75 Å². The van der Waals surface area contributed by atoms with Gasteiger partial charge < -0.3 is 10.5 Å². The highest BCUT2D eigenvalue weighted by Crippen LogP contribution is 2.20. The second kappa shape index (κ2) is 7.81. The second-order valence-corrected chi connectivity index (χ2v) is 6.13. The molecular formula is C14H15N3O3S2. The fraction of sp³-hybridized carbons (Fsp3) is 0.214. The van der Waals surface area contributed by atoms with Crippen LogP contribution in [0.2, 0.25) is 0 Å². The fourth-order valence-corrected chi connectivity index (χ4v) is 3.07. The van der Waals surface area contributed by atoms with Gasteiger partial charge >= 0.3 is 0 Å². The average Bonchev–Trinajstić information content (AvgIpc) is 2.94.